The van der Waals surface area contributed by atoms with Crippen molar-refractivity contribution in [2.45, 2.75) is 90.9 Å². The van der Waals surface area contributed by atoms with E-state index in [1.165, 1.54) is 0 Å². The minimum atomic E-state index is -1.14. The molecule has 2 fully saturated rings. The van der Waals surface area contributed by atoms with Crippen molar-refractivity contribution >= 4 is 0 Å². The highest BCUT2D eigenvalue weighted by Crippen LogP contribution is 2.33. The molecule has 2 unspecified atom stereocenters. The predicted molar refractivity (Wildman–Crippen MR) is 76.4 cm³/mol. The van der Waals surface area contributed by atoms with Crippen LogP contribution in [0.2, 0.25) is 0 Å². The van der Waals surface area contributed by atoms with E-state index in [1.807, 2.05) is 34.6 Å². The molecule has 5 nitrogen and oxygen atoms in total. The molecule has 4 atom stereocenters. The zero-order valence-electron chi connectivity index (χ0n) is 13.8. The maximum absolute atomic E-state index is 9.70. The SMILES string of the molecule is CC.CC1O[C@H](C2COC(C)(C)O2)C[C@H]1OC(C)(C)O. The zero-order chi connectivity index (χ0) is 15.6. The van der Waals surface area contributed by atoms with E-state index >= 15 is 0 Å². The summed E-state index contributed by atoms with van der Waals surface area (Å²) in [5.41, 5.74) is 0. The molecule has 0 aromatic heterocycles. The summed E-state index contributed by atoms with van der Waals surface area (Å²) in [7, 11) is 0. The Bertz CT molecular complexity index is 297. The molecule has 0 saturated carbocycles. The third-order valence-corrected chi connectivity index (χ3v) is 3.26. The second-order valence-electron chi connectivity index (χ2n) is 6.09. The Kier molecular flexibility index (Phi) is 5.99. The molecule has 2 heterocycles. The lowest BCUT2D eigenvalue weighted by Crippen LogP contribution is -2.34. The molecule has 5 heteroatoms. The van der Waals surface area contributed by atoms with E-state index < -0.39 is 11.6 Å². The largest absolute Gasteiger partial charge is 0.370 e. The van der Waals surface area contributed by atoms with E-state index in [-0.39, 0.29) is 24.4 Å². The molecule has 0 aromatic rings. The number of rotatable bonds is 3. The van der Waals surface area contributed by atoms with Gasteiger partial charge in [0.15, 0.2) is 11.6 Å². The molecule has 2 rings (SSSR count). The third-order valence-electron chi connectivity index (χ3n) is 3.26. The Hall–Kier alpha value is -0.200. The smallest absolute Gasteiger partial charge is 0.163 e. The monoisotopic (exact) mass is 290 g/mol. The minimum absolute atomic E-state index is 0.0332. The Morgan fingerprint density at radius 2 is 1.80 bits per heavy atom. The third kappa shape index (κ3) is 4.97. The standard InChI is InChI=1S/C13H24O5.C2H6/c1-8-9(17-12(2,3)14)6-10(16-8)11-7-15-13(4,5)18-11;1-2/h8-11,14H,6-7H2,1-5H3;1-2H3/t8?,9-,10+,11?;/m1./s1. The van der Waals surface area contributed by atoms with Crippen LogP contribution >= 0.6 is 0 Å². The first-order valence-corrected chi connectivity index (χ1v) is 7.54. The summed E-state index contributed by atoms with van der Waals surface area (Å²) in [6.07, 6.45) is 0.470. The molecule has 0 amide bonds. The molecule has 120 valence electrons. The van der Waals surface area contributed by atoms with Gasteiger partial charge in [-0.05, 0) is 34.6 Å². The molecule has 0 radical (unpaired) electrons. The zero-order valence-corrected chi connectivity index (χ0v) is 13.8. The van der Waals surface area contributed by atoms with E-state index in [9.17, 15) is 5.11 Å². The molecular formula is C15H30O5. The van der Waals surface area contributed by atoms with Crippen LogP contribution < -0.4 is 0 Å². The van der Waals surface area contributed by atoms with Crippen molar-refractivity contribution in [3.8, 4) is 0 Å². The summed E-state index contributed by atoms with van der Waals surface area (Å²) in [6.45, 7) is 13.6. The summed E-state index contributed by atoms with van der Waals surface area (Å²) < 4.78 is 22.8. The van der Waals surface area contributed by atoms with Gasteiger partial charge in [0.1, 0.15) is 6.10 Å². The van der Waals surface area contributed by atoms with Crippen LogP contribution in [-0.4, -0.2) is 47.7 Å². The lowest BCUT2D eigenvalue weighted by atomic mass is 10.1. The van der Waals surface area contributed by atoms with Crippen molar-refractivity contribution < 1.29 is 24.1 Å². The van der Waals surface area contributed by atoms with Crippen LogP contribution in [0.5, 0.6) is 0 Å². The molecule has 0 spiro atoms. The van der Waals surface area contributed by atoms with Crippen LogP contribution in [-0.2, 0) is 18.9 Å². The summed E-state index contributed by atoms with van der Waals surface area (Å²) >= 11 is 0. The number of ether oxygens (including phenoxy) is 4. The van der Waals surface area contributed by atoms with Crippen LogP contribution in [0.1, 0.15) is 54.9 Å². The molecule has 20 heavy (non-hydrogen) atoms. The van der Waals surface area contributed by atoms with Gasteiger partial charge in [-0.15, -0.1) is 0 Å². The van der Waals surface area contributed by atoms with Gasteiger partial charge in [-0.3, -0.25) is 0 Å². The highest BCUT2D eigenvalue weighted by Gasteiger charge is 2.45. The van der Waals surface area contributed by atoms with Gasteiger partial charge < -0.3 is 24.1 Å². The molecule has 0 aromatic carbocycles. The Balaban J connectivity index is 0.000000956. The predicted octanol–water partition coefficient (Wildman–Crippen LogP) is 2.46. The van der Waals surface area contributed by atoms with Gasteiger partial charge in [-0.1, -0.05) is 13.8 Å². The number of hydrogen-bond acceptors (Lipinski definition) is 5. The van der Waals surface area contributed by atoms with Crippen LogP contribution in [0, 0.1) is 0 Å². The van der Waals surface area contributed by atoms with Crippen LogP contribution in [0.15, 0.2) is 0 Å². The Morgan fingerprint density at radius 3 is 2.25 bits per heavy atom. The van der Waals surface area contributed by atoms with Gasteiger partial charge in [0.05, 0.1) is 24.9 Å². The second-order valence-corrected chi connectivity index (χ2v) is 6.09. The second kappa shape index (κ2) is 6.71. The van der Waals surface area contributed by atoms with Crippen LogP contribution in [0.25, 0.3) is 0 Å². The highest BCUT2D eigenvalue weighted by atomic mass is 16.8. The Morgan fingerprint density at radius 1 is 1.20 bits per heavy atom. The van der Waals surface area contributed by atoms with E-state index in [1.54, 1.807) is 13.8 Å². The molecule has 0 aliphatic carbocycles. The van der Waals surface area contributed by atoms with Gasteiger partial charge in [-0.25, -0.2) is 0 Å². The number of aliphatic hydroxyl groups is 1. The fraction of sp³-hybridized carbons (Fsp3) is 1.00. The van der Waals surface area contributed by atoms with Crippen molar-refractivity contribution in [2.24, 2.45) is 0 Å². The van der Waals surface area contributed by atoms with Gasteiger partial charge in [0.25, 0.3) is 0 Å². The lowest BCUT2D eigenvalue weighted by Gasteiger charge is -2.24. The maximum atomic E-state index is 9.70. The molecule has 0 bridgehead atoms. The average molecular weight is 290 g/mol. The first-order chi connectivity index (χ1) is 9.16. The van der Waals surface area contributed by atoms with Gasteiger partial charge in [-0.2, -0.15) is 0 Å². The van der Waals surface area contributed by atoms with Crippen molar-refractivity contribution in [1.82, 2.24) is 0 Å². The number of hydrogen-bond donors (Lipinski definition) is 1. The van der Waals surface area contributed by atoms with Crippen molar-refractivity contribution in [1.29, 1.82) is 0 Å². The lowest BCUT2D eigenvalue weighted by molar-refractivity contribution is -0.212. The van der Waals surface area contributed by atoms with Crippen molar-refractivity contribution in [2.75, 3.05) is 6.61 Å². The van der Waals surface area contributed by atoms with Crippen molar-refractivity contribution in [3.05, 3.63) is 0 Å². The topological polar surface area (TPSA) is 57.2 Å². The molecule has 2 saturated heterocycles. The van der Waals surface area contributed by atoms with Gasteiger partial charge in [0, 0.05) is 6.42 Å². The van der Waals surface area contributed by atoms with E-state index in [4.69, 9.17) is 18.9 Å². The fourth-order valence-corrected chi connectivity index (χ4v) is 2.49. The Labute approximate surface area is 122 Å². The quantitative estimate of drug-likeness (QED) is 0.809. The summed E-state index contributed by atoms with van der Waals surface area (Å²) in [5, 5.41) is 9.70. The summed E-state index contributed by atoms with van der Waals surface area (Å²) in [4.78, 5) is 0. The molecule has 2 aliphatic heterocycles. The summed E-state index contributed by atoms with van der Waals surface area (Å²) in [5.74, 6) is -1.67. The molecular weight excluding hydrogens is 260 g/mol. The van der Waals surface area contributed by atoms with Crippen LogP contribution in [0.3, 0.4) is 0 Å². The summed E-state index contributed by atoms with van der Waals surface area (Å²) in [6, 6.07) is 0. The fourth-order valence-electron chi connectivity index (χ4n) is 2.49. The normalized spacial score (nSPS) is 36.6. The minimum Gasteiger partial charge on any atom is -0.370 e. The van der Waals surface area contributed by atoms with Gasteiger partial charge in [0.2, 0.25) is 0 Å². The maximum Gasteiger partial charge on any atom is 0.163 e. The van der Waals surface area contributed by atoms with Crippen LogP contribution in [0.4, 0.5) is 0 Å². The first-order valence-electron chi connectivity index (χ1n) is 7.54. The highest BCUT2D eigenvalue weighted by molar-refractivity contribution is 4.89. The molecule has 1 N–H and O–H groups in total. The molecule has 2 aliphatic rings. The van der Waals surface area contributed by atoms with Gasteiger partial charge >= 0.3 is 0 Å². The van der Waals surface area contributed by atoms with E-state index in [2.05, 4.69) is 0 Å². The average Bonchev–Trinajstić information content (AvgIpc) is 2.84. The van der Waals surface area contributed by atoms with E-state index in [0.29, 0.717) is 6.61 Å². The first kappa shape index (κ1) is 17.9. The van der Waals surface area contributed by atoms with Crippen molar-refractivity contribution in [3.63, 3.8) is 0 Å². The van der Waals surface area contributed by atoms with E-state index in [0.717, 1.165) is 6.42 Å².